The van der Waals surface area contributed by atoms with Crippen LogP contribution < -0.4 is 10.6 Å². The van der Waals surface area contributed by atoms with Gasteiger partial charge in [-0.05, 0) is 17.5 Å². The Labute approximate surface area is 157 Å². The Morgan fingerprint density at radius 3 is 2.04 bits per heavy atom. The SMILES string of the molecule is COC(=O)[C@H](NC(=O)[C@H]1CCC(=O)N1)C(c1ccccc1)c1ccccc1. The van der Waals surface area contributed by atoms with Gasteiger partial charge in [0.2, 0.25) is 11.8 Å². The molecule has 0 saturated carbocycles. The average molecular weight is 366 g/mol. The van der Waals surface area contributed by atoms with Crippen LogP contribution >= 0.6 is 0 Å². The number of nitrogens with one attached hydrogen (secondary N) is 2. The van der Waals surface area contributed by atoms with Crippen LogP contribution in [0.1, 0.15) is 29.9 Å². The molecule has 0 aliphatic carbocycles. The van der Waals surface area contributed by atoms with E-state index in [4.69, 9.17) is 4.74 Å². The number of esters is 1. The lowest BCUT2D eigenvalue weighted by Crippen LogP contribution is -2.51. The maximum atomic E-state index is 12.7. The van der Waals surface area contributed by atoms with Crippen LogP contribution in [-0.2, 0) is 19.1 Å². The predicted octanol–water partition coefficient (Wildman–Crippen LogP) is 1.75. The summed E-state index contributed by atoms with van der Waals surface area (Å²) in [5.74, 6) is -1.49. The summed E-state index contributed by atoms with van der Waals surface area (Å²) in [5, 5.41) is 5.43. The summed E-state index contributed by atoms with van der Waals surface area (Å²) in [6.07, 6.45) is 0.724. The molecule has 0 unspecified atom stereocenters. The Morgan fingerprint density at radius 2 is 1.59 bits per heavy atom. The van der Waals surface area contributed by atoms with Crippen LogP contribution in [0.2, 0.25) is 0 Å². The van der Waals surface area contributed by atoms with Gasteiger partial charge in [-0.2, -0.15) is 0 Å². The van der Waals surface area contributed by atoms with E-state index in [-0.39, 0.29) is 11.8 Å². The first kappa shape index (κ1) is 18.6. The van der Waals surface area contributed by atoms with Crippen molar-refractivity contribution >= 4 is 17.8 Å². The van der Waals surface area contributed by atoms with Gasteiger partial charge in [0.1, 0.15) is 12.1 Å². The van der Waals surface area contributed by atoms with Gasteiger partial charge in [-0.15, -0.1) is 0 Å². The van der Waals surface area contributed by atoms with Crippen LogP contribution in [0.25, 0.3) is 0 Å². The van der Waals surface area contributed by atoms with Gasteiger partial charge in [-0.1, -0.05) is 60.7 Å². The van der Waals surface area contributed by atoms with E-state index in [1.165, 1.54) is 7.11 Å². The number of rotatable bonds is 6. The van der Waals surface area contributed by atoms with Crippen molar-refractivity contribution in [3.8, 4) is 0 Å². The summed E-state index contributed by atoms with van der Waals surface area (Å²) in [5.41, 5.74) is 1.77. The molecule has 1 saturated heterocycles. The van der Waals surface area contributed by atoms with Crippen molar-refractivity contribution in [1.82, 2.24) is 10.6 Å². The maximum Gasteiger partial charge on any atom is 0.329 e. The zero-order chi connectivity index (χ0) is 19.2. The fourth-order valence-corrected chi connectivity index (χ4v) is 3.37. The third kappa shape index (κ3) is 4.34. The van der Waals surface area contributed by atoms with Gasteiger partial charge in [-0.25, -0.2) is 4.79 Å². The molecule has 6 nitrogen and oxygen atoms in total. The van der Waals surface area contributed by atoms with Crippen molar-refractivity contribution in [1.29, 1.82) is 0 Å². The molecule has 0 radical (unpaired) electrons. The van der Waals surface area contributed by atoms with Gasteiger partial charge in [0.15, 0.2) is 0 Å². The highest BCUT2D eigenvalue weighted by molar-refractivity contribution is 5.93. The molecule has 27 heavy (non-hydrogen) atoms. The van der Waals surface area contributed by atoms with Gasteiger partial charge < -0.3 is 15.4 Å². The number of hydrogen-bond acceptors (Lipinski definition) is 4. The Balaban J connectivity index is 1.95. The molecule has 6 heteroatoms. The second-order valence-electron chi connectivity index (χ2n) is 6.47. The highest BCUT2D eigenvalue weighted by Crippen LogP contribution is 2.29. The Kier molecular flexibility index (Phi) is 5.86. The van der Waals surface area contributed by atoms with Crippen molar-refractivity contribution < 1.29 is 19.1 Å². The number of amides is 2. The lowest BCUT2D eigenvalue weighted by Gasteiger charge is -2.28. The monoisotopic (exact) mass is 366 g/mol. The standard InChI is InChI=1S/C21H22N2O4/c1-27-21(26)19(23-20(25)16-12-13-17(24)22-16)18(14-8-4-2-5-9-14)15-10-6-3-7-11-15/h2-11,16,18-19H,12-13H2,1H3,(H,22,24)(H,23,25)/t16-,19-/m1/s1. The molecule has 2 amide bonds. The smallest absolute Gasteiger partial charge is 0.329 e. The minimum Gasteiger partial charge on any atom is -0.467 e. The molecule has 2 aromatic carbocycles. The lowest BCUT2D eigenvalue weighted by molar-refractivity contribution is -0.145. The fraction of sp³-hybridized carbons (Fsp3) is 0.286. The first-order chi connectivity index (χ1) is 13.1. The average Bonchev–Trinajstić information content (AvgIpc) is 3.15. The molecule has 2 aromatic rings. The first-order valence-electron chi connectivity index (χ1n) is 8.87. The maximum absolute atomic E-state index is 12.7. The summed E-state index contributed by atoms with van der Waals surface area (Å²) >= 11 is 0. The van der Waals surface area contributed by atoms with E-state index in [2.05, 4.69) is 10.6 Å². The Bertz CT molecular complexity index is 768. The van der Waals surface area contributed by atoms with Crippen LogP contribution in [0.15, 0.2) is 60.7 Å². The summed E-state index contributed by atoms with van der Waals surface area (Å²) < 4.78 is 4.98. The zero-order valence-corrected chi connectivity index (χ0v) is 15.1. The molecular formula is C21H22N2O4. The predicted molar refractivity (Wildman–Crippen MR) is 99.8 cm³/mol. The molecule has 140 valence electrons. The molecule has 1 aliphatic rings. The lowest BCUT2D eigenvalue weighted by atomic mass is 9.84. The van der Waals surface area contributed by atoms with Crippen molar-refractivity contribution in [2.45, 2.75) is 30.8 Å². The summed E-state index contributed by atoms with van der Waals surface area (Å²) in [4.78, 5) is 36.7. The number of hydrogen-bond donors (Lipinski definition) is 2. The van der Waals surface area contributed by atoms with Crippen LogP contribution in [0.3, 0.4) is 0 Å². The molecule has 0 aromatic heterocycles. The number of ether oxygens (including phenoxy) is 1. The second kappa shape index (κ2) is 8.49. The first-order valence-corrected chi connectivity index (χ1v) is 8.87. The number of carbonyl (C=O) groups excluding carboxylic acids is 3. The molecule has 1 heterocycles. The third-order valence-corrected chi connectivity index (χ3v) is 4.72. The molecule has 0 bridgehead atoms. The van der Waals surface area contributed by atoms with E-state index in [9.17, 15) is 14.4 Å². The topological polar surface area (TPSA) is 84.5 Å². The summed E-state index contributed by atoms with van der Waals surface area (Å²) in [6, 6.07) is 17.5. The highest BCUT2D eigenvalue weighted by atomic mass is 16.5. The van der Waals surface area contributed by atoms with E-state index >= 15 is 0 Å². The van der Waals surface area contributed by atoms with Crippen molar-refractivity contribution in [2.24, 2.45) is 0 Å². The Hall–Kier alpha value is -3.15. The van der Waals surface area contributed by atoms with Crippen LogP contribution in [0.4, 0.5) is 0 Å². The van der Waals surface area contributed by atoms with Gasteiger partial charge in [-0.3, -0.25) is 9.59 Å². The van der Waals surface area contributed by atoms with Crippen LogP contribution in [0.5, 0.6) is 0 Å². The van der Waals surface area contributed by atoms with Crippen LogP contribution in [0, 0.1) is 0 Å². The van der Waals surface area contributed by atoms with E-state index < -0.39 is 24.0 Å². The third-order valence-electron chi connectivity index (χ3n) is 4.72. The molecule has 2 atom stereocenters. The van der Waals surface area contributed by atoms with Crippen molar-refractivity contribution in [3.05, 3.63) is 71.8 Å². The molecule has 2 N–H and O–H groups in total. The van der Waals surface area contributed by atoms with Crippen molar-refractivity contribution in [3.63, 3.8) is 0 Å². The number of benzene rings is 2. The quantitative estimate of drug-likeness (QED) is 0.763. The van der Waals surface area contributed by atoms with E-state index in [1.54, 1.807) is 0 Å². The van der Waals surface area contributed by atoms with Crippen LogP contribution in [-0.4, -0.2) is 37.0 Å². The van der Waals surface area contributed by atoms with Gasteiger partial charge in [0, 0.05) is 12.3 Å². The molecular weight excluding hydrogens is 344 g/mol. The molecule has 0 spiro atoms. The fourth-order valence-electron chi connectivity index (χ4n) is 3.37. The highest BCUT2D eigenvalue weighted by Gasteiger charge is 2.36. The molecule has 1 aliphatic heterocycles. The second-order valence-corrected chi connectivity index (χ2v) is 6.47. The largest absolute Gasteiger partial charge is 0.467 e. The number of carbonyl (C=O) groups is 3. The van der Waals surface area contributed by atoms with Gasteiger partial charge >= 0.3 is 5.97 Å². The van der Waals surface area contributed by atoms with E-state index in [0.717, 1.165) is 11.1 Å². The van der Waals surface area contributed by atoms with E-state index in [0.29, 0.717) is 12.8 Å². The zero-order valence-electron chi connectivity index (χ0n) is 15.1. The minimum absolute atomic E-state index is 0.160. The number of methoxy groups -OCH3 is 1. The van der Waals surface area contributed by atoms with Gasteiger partial charge in [0.05, 0.1) is 7.11 Å². The minimum atomic E-state index is -0.912. The van der Waals surface area contributed by atoms with E-state index in [1.807, 2.05) is 60.7 Å². The molecule has 3 rings (SSSR count). The molecule has 1 fully saturated rings. The van der Waals surface area contributed by atoms with Crippen molar-refractivity contribution in [2.75, 3.05) is 7.11 Å². The normalized spacial score (nSPS) is 17.3. The summed E-state index contributed by atoms with van der Waals surface area (Å²) in [7, 11) is 1.30. The van der Waals surface area contributed by atoms with Gasteiger partial charge in [0.25, 0.3) is 0 Å². The summed E-state index contributed by atoms with van der Waals surface area (Å²) in [6.45, 7) is 0. The Morgan fingerprint density at radius 1 is 1.04 bits per heavy atom.